The number of likely N-dealkylation sites (tertiary alicyclic amines) is 1. The number of alkyl halides is 3. The topological polar surface area (TPSA) is 40.5 Å². The van der Waals surface area contributed by atoms with E-state index in [9.17, 15) is 18.0 Å². The van der Waals surface area contributed by atoms with Gasteiger partial charge in [-0.05, 0) is 6.42 Å². The summed E-state index contributed by atoms with van der Waals surface area (Å²) < 4.78 is 35.8. The van der Waals surface area contributed by atoms with Crippen molar-refractivity contribution in [1.82, 2.24) is 4.90 Å². The van der Waals surface area contributed by atoms with Crippen LogP contribution in [0.5, 0.6) is 0 Å². The van der Waals surface area contributed by atoms with Gasteiger partial charge in [-0.1, -0.05) is 6.92 Å². The lowest BCUT2D eigenvalue weighted by molar-refractivity contribution is -0.196. The summed E-state index contributed by atoms with van der Waals surface area (Å²) in [6.07, 6.45) is -4.35. The lowest BCUT2D eigenvalue weighted by atomic mass is 9.79. The molecule has 1 N–H and O–H groups in total. The van der Waals surface area contributed by atoms with E-state index in [4.69, 9.17) is 5.11 Å². The molecule has 14 heavy (non-hydrogen) atoms. The molecule has 1 amide bonds. The molecule has 0 aliphatic carbocycles. The van der Waals surface area contributed by atoms with Gasteiger partial charge in [0.05, 0.1) is 0 Å². The summed E-state index contributed by atoms with van der Waals surface area (Å²) in [6, 6.07) is 0. The highest BCUT2D eigenvalue weighted by molar-refractivity contribution is 5.82. The molecule has 1 saturated heterocycles. The Balaban J connectivity index is 2.45. The van der Waals surface area contributed by atoms with E-state index in [2.05, 4.69) is 0 Å². The first-order valence-corrected chi connectivity index (χ1v) is 4.25. The summed E-state index contributed by atoms with van der Waals surface area (Å²) in [5.74, 6) is -1.78. The third kappa shape index (κ3) is 2.17. The Morgan fingerprint density at radius 1 is 1.50 bits per heavy atom. The first-order valence-electron chi connectivity index (χ1n) is 4.25. The first kappa shape index (κ1) is 11.3. The number of hydrogen-bond donors (Lipinski definition) is 1. The van der Waals surface area contributed by atoms with E-state index in [0.717, 1.165) is 4.90 Å². The minimum absolute atomic E-state index is 0.0649. The quantitative estimate of drug-likeness (QED) is 0.733. The van der Waals surface area contributed by atoms with Gasteiger partial charge >= 0.3 is 12.1 Å². The second kappa shape index (κ2) is 3.42. The fourth-order valence-electron chi connectivity index (χ4n) is 1.63. The lowest BCUT2D eigenvalue weighted by Crippen LogP contribution is -2.60. The van der Waals surface area contributed by atoms with Crippen molar-refractivity contribution in [3.05, 3.63) is 0 Å². The highest BCUT2D eigenvalue weighted by atomic mass is 19.4. The molecule has 1 heterocycles. The second-order valence-electron chi connectivity index (χ2n) is 3.94. The Morgan fingerprint density at radius 3 is 2.36 bits per heavy atom. The van der Waals surface area contributed by atoms with Crippen molar-refractivity contribution in [2.75, 3.05) is 19.7 Å². The third-order valence-electron chi connectivity index (χ3n) is 2.39. The van der Waals surface area contributed by atoms with Gasteiger partial charge in [0.1, 0.15) is 0 Å². The molecule has 0 spiro atoms. The average Bonchev–Trinajstić information content (AvgIpc) is 1.97. The number of carbonyl (C=O) groups is 1. The number of nitrogens with zero attached hydrogens (tertiary/aromatic N) is 1. The highest BCUT2D eigenvalue weighted by Gasteiger charge is 2.50. The van der Waals surface area contributed by atoms with Gasteiger partial charge in [0.25, 0.3) is 0 Å². The highest BCUT2D eigenvalue weighted by Crippen LogP contribution is 2.35. The standard InChI is InChI=1S/C8H12F3NO2/c1-7(2-3-13)4-12(5-7)6(14)8(9,10)11/h13H,2-5H2,1H3. The Labute approximate surface area is 79.5 Å². The van der Waals surface area contributed by atoms with Crippen molar-refractivity contribution in [3.8, 4) is 0 Å². The summed E-state index contributed by atoms with van der Waals surface area (Å²) in [5, 5.41) is 8.63. The molecule has 3 nitrogen and oxygen atoms in total. The van der Waals surface area contributed by atoms with Gasteiger partial charge < -0.3 is 10.0 Å². The number of rotatable bonds is 2. The maximum atomic E-state index is 11.9. The summed E-state index contributed by atoms with van der Waals surface area (Å²) in [6.45, 7) is 1.84. The van der Waals surface area contributed by atoms with E-state index in [1.54, 1.807) is 6.92 Å². The summed E-state index contributed by atoms with van der Waals surface area (Å²) in [5.41, 5.74) is -0.352. The minimum Gasteiger partial charge on any atom is -0.396 e. The molecule has 0 aromatic heterocycles. The number of aliphatic hydroxyl groups excluding tert-OH is 1. The molecular formula is C8H12F3NO2. The molecule has 0 aromatic carbocycles. The molecule has 1 aliphatic heterocycles. The van der Waals surface area contributed by atoms with Gasteiger partial charge in [-0.15, -0.1) is 0 Å². The van der Waals surface area contributed by atoms with Crippen molar-refractivity contribution >= 4 is 5.91 Å². The molecule has 0 saturated carbocycles. The number of aliphatic hydroxyl groups is 1. The Bertz CT molecular complexity index is 233. The number of amides is 1. The molecule has 0 aromatic rings. The fourth-order valence-corrected chi connectivity index (χ4v) is 1.63. The van der Waals surface area contributed by atoms with Crippen LogP contribution in [0.3, 0.4) is 0 Å². The molecule has 1 fully saturated rings. The van der Waals surface area contributed by atoms with Crippen LogP contribution in [0, 0.1) is 5.41 Å². The predicted molar refractivity (Wildman–Crippen MR) is 42.4 cm³/mol. The number of halogens is 3. The van der Waals surface area contributed by atoms with Gasteiger partial charge in [0.2, 0.25) is 0 Å². The van der Waals surface area contributed by atoms with Crippen LogP contribution in [0.4, 0.5) is 13.2 Å². The second-order valence-corrected chi connectivity index (χ2v) is 3.94. The van der Waals surface area contributed by atoms with E-state index in [-0.39, 0.29) is 25.1 Å². The zero-order valence-corrected chi connectivity index (χ0v) is 7.76. The van der Waals surface area contributed by atoms with Gasteiger partial charge in [-0.2, -0.15) is 13.2 Å². The summed E-state index contributed by atoms with van der Waals surface area (Å²) in [7, 11) is 0. The molecule has 0 bridgehead atoms. The average molecular weight is 211 g/mol. The van der Waals surface area contributed by atoms with Crippen LogP contribution in [0.2, 0.25) is 0 Å². The van der Waals surface area contributed by atoms with Crippen molar-refractivity contribution in [1.29, 1.82) is 0 Å². The van der Waals surface area contributed by atoms with Gasteiger partial charge in [0, 0.05) is 25.1 Å². The Morgan fingerprint density at radius 2 is 2.00 bits per heavy atom. The molecule has 0 radical (unpaired) electrons. The summed E-state index contributed by atoms with van der Waals surface area (Å²) >= 11 is 0. The van der Waals surface area contributed by atoms with Gasteiger partial charge in [-0.25, -0.2) is 0 Å². The maximum Gasteiger partial charge on any atom is 0.471 e. The van der Waals surface area contributed by atoms with Gasteiger partial charge in [0.15, 0.2) is 0 Å². The van der Waals surface area contributed by atoms with Crippen LogP contribution in [-0.4, -0.2) is 41.8 Å². The number of carbonyl (C=O) groups excluding carboxylic acids is 1. The largest absolute Gasteiger partial charge is 0.471 e. The molecule has 1 rings (SSSR count). The van der Waals surface area contributed by atoms with Gasteiger partial charge in [-0.3, -0.25) is 4.79 Å². The van der Waals surface area contributed by atoms with E-state index in [1.165, 1.54) is 0 Å². The predicted octanol–water partition coefficient (Wildman–Crippen LogP) is 0.780. The molecule has 1 aliphatic rings. The van der Waals surface area contributed by atoms with Crippen LogP contribution in [-0.2, 0) is 4.79 Å². The zero-order chi connectivity index (χ0) is 11.0. The van der Waals surface area contributed by atoms with Crippen molar-refractivity contribution in [2.45, 2.75) is 19.5 Å². The van der Waals surface area contributed by atoms with Crippen LogP contribution in [0.1, 0.15) is 13.3 Å². The minimum atomic E-state index is -4.78. The molecule has 0 unspecified atom stereocenters. The smallest absolute Gasteiger partial charge is 0.396 e. The molecule has 0 atom stereocenters. The summed E-state index contributed by atoms with van der Waals surface area (Å²) in [4.78, 5) is 11.4. The SMILES string of the molecule is CC1(CCO)CN(C(=O)C(F)(F)F)C1. The first-order chi connectivity index (χ1) is 6.28. The van der Waals surface area contributed by atoms with E-state index < -0.39 is 12.1 Å². The lowest BCUT2D eigenvalue weighted by Gasteiger charge is -2.48. The van der Waals surface area contributed by atoms with E-state index in [1.807, 2.05) is 0 Å². The maximum absolute atomic E-state index is 11.9. The van der Waals surface area contributed by atoms with E-state index in [0.29, 0.717) is 6.42 Å². The molecular weight excluding hydrogens is 199 g/mol. The normalized spacial score (nSPS) is 20.5. The van der Waals surface area contributed by atoms with Crippen LogP contribution >= 0.6 is 0 Å². The monoisotopic (exact) mass is 211 g/mol. The van der Waals surface area contributed by atoms with Crippen LogP contribution in [0.25, 0.3) is 0 Å². The molecule has 6 heteroatoms. The van der Waals surface area contributed by atoms with Crippen molar-refractivity contribution in [2.24, 2.45) is 5.41 Å². The third-order valence-corrected chi connectivity index (χ3v) is 2.39. The Hall–Kier alpha value is -0.780. The van der Waals surface area contributed by atoms with E-state index >= 15 is 0 Å². The van der Waals surface area contributed by atoms with Crippen molar-refractivity contribution < 1.29 is 23.1 Å². The fraction of sp³-hybridized carbons (Fsp3) is 0.875. The zero-order valence-electron chi connectivity index (χ0n) is 7.76. The number of hydrogen-bond acceptors (Lipinski definition) is 2. The van der Waals surface area contributed by atoms with Crippen LogP contribution in [0.15, 0.2) is 0 Å². The van der Waals surface area contributed by atoms with Crippen molar-refractivity contribution in [3.63, 3.8) is 0 Å². The Kier molecular flexibility index (Phi) is 2.76. The molecule has 82 valence electrons. The van der Waals surface area contributed by atoms with Crippen LogP contribution < -0.4 is 0 Å².